The number of aryl methyl sites for hydroxylation is 2. The lowest BCUT2D eigenvalue weighted by Gasteiger charge is -2.23. The van der Waals surface area contributed by atoms with Crippen LogP contribution < -0.4 is 4.90 Å². The van der Waals surface area contributed by atoms with Crippen LogP contribution in [0.25, 0.3) is 28.2 Å². The van der Waals surface area contributed by atoms with Gasteiger partial charge in [-0.25, -0.2) is 9.78 Å². The number of nitrogens with zero attached hydrogens (tertiary/aromatic N) is 5. The van der Waals surface area contributed by atoms with Crippen LogP contribution in [-0.4, -0.2) is 37.3 Å². The monoisotopic (exact) mass is 375 g/mol. The Hall–Kier alpha value is -3.68. The van der Waals surface area contributed by atoms with Crippen molar-refractivity contribution in [3.8, 4) is 22.6 Å². The first-order valence-corrected chi connectivity index (χ1v) is 9.02. The maximum atomic E-state index is 11.7. The summed E-state index contributed by atoms with van der Waals surface area (Å²) in [5, 5.41) is 17.4. The number of rotatable bonds is 2. The zero-order valence-corrected chi connectivity index (χ0v) is 15.2. The molecule has 28 heavy (non-hydrogen) atoms. The Balaban J connectivity index is 1.56. The minimum Gasteiger partial charge on any atom is -0.465 e. The lowest BCUT2D eigenvalue weighted by Crippen LogP contribution is -2.34. The third-order valence-corrected chi connectivity index (χ3v) is 4.94. The topological polar surface area (TPSA) is 96.8 Å². The van der Waals surface area contributed by atoms with E-state index in [2.05, 4.69) is 15.2 Å². The number of amides is 1. The molecule has 1 aliphatic heterocycles. The molecule has 0 unspecified atom stereocenters. The molecule has 8 nitrogen and oxygen atoms in total. The van der Waals surface area contributed by atoms with E-state index in [4.69, 9.17) is 4.42 Å². The van der Waals surface area contributed by atoms with Gasteiger partial charge >= 0.3 is 6.09 Å². The Morgan fingerprint density at radius 1 is 1.07 bits per heavy atom. The van der Waals surface area contributed by atoms with E-state index in [1.807, 2.05) is 47.0 Å². The van der Waals surface area contributed by atoms with Crippen LogP contribution in [0.3, 0.4) is 0 Å². The summed E-state index contributed by atoms with van der Waals surface area (Å²) in [6.45, 7) is 2.24. The van der Waals surface area contributed by atoms with Gasteiger partial charge in [0.2, 0.25) is 11.8 Å². The third kappa shape index (κ3) is 2.61. The van der Waals surface area contributed by atoms with Crippen molar-refractivity contribution >= 4 is 17.6 Å². The molecular weight excluding hydrogens is 358 g/mol. The fraction of sp³-hybridized carbons (Fsp3) is 0.200. The fourth-order valence-electron chi connectivity index (χ4n) is 3.62. The Bertz CT molecular complexity index is 1190. The Labute approximate surface area is 160 Å². The molecule has 5 rings (SSSR count). The molecule has 140 valence electrons. The van der Waals surface area contributed by atoms with Crippen molar-refractivity contribution in [3.05, 3.63) is 54.2 Å². The normalized spacial score (nSPS) is 13.7. The molecule has 0 saturated heterocycles. The standard InChI is InChI=1S/C20H17N5O3/c1-12-22-23-18(28-12)14-6-4-13(5-7-14)15-8-9-17-21-16-3-2-10-24(20(26)27)19(16)25(17)11-15/h4-9,11H,2-3,10H2,1H3,(H,26,27). The second kappa shape index (κ2) is 6.19. The average molecular weight is 375 g/mol. The molecule has 1 amide bonds. The Morgan fingerprint density at radius 2 is 1.82 bits per heavy atom. The Kier molecular flexibility index (Phi) is 3.65. The number of carbonyl (C=O) groups is 1. The molecule has 8 heteroatoms. The van der Waals surface area contributed by atoms with E-state index in [-0.39, 0.29) is 0 Å². The van der Waals surface area contributed by atoms with E-state index in [0.717, 1.165) is 40.9 Å². The number of hydrogen-bond donors (Lipinski definition) is 1. The summed E-state index contributed by atoms with van der Waals surface area (Å²) in [5.74, 6) is 1.66. The van der Waals surface area contributed by atoms with Crippen LogP contribution in [-0.2, 0) is 6.42 Å². The maximum Gasteiger partial charge on any atom is 0.413 e. The van der Waals surface area contributed by atoms with Crippen LogP contribution in [0.4, 0.5) is 10.6 Å². The van der Waals surface area contributed by atoms with Crippen molar-refractivity contribution in [1.82, 2.24) is 19.6 Å². The number of hydrogen-bond acceptors (Lipinski definition) is 5. The molecule has 0 aliphatic carbocycles. The minimum absolute atomic E-state index is 0.485. The molecule has 0 fully saturated rings. The molecule has 0 bridgehead atoms. The number of imidazole rings is 1. The number of aromatic nitrogens is 4. The quantitative estimate of drug-likeness (QED) is 0.572. The van der Waals surface area contributed by atoms with Crippen molar-refractivity contribution in [3.63, 3.8) is 0 Å². The van der Waals surface area contributed by atoms with Crippen LogP contribution >= 0.6 is 0 Å². The van der Waals surface area contributed by atoms with E-state index in [1.165, 1.54) is 4.90 Å². The maximum absolute atomic E-state index is 11.7. The van der Waals surface area contributed by atoms with Crippen molar-refractivity contribution in [2.45, 2.75) is 19.8 Å². The summed E-state index contributed by atoms with van der Waals surface area (Å²) in [6.07, 6.45) is 2.56. The number of fused-ring (bicyclic) bond motifs is 3. The number of benzene rings is 1. The molecule has 1 aromatic carbocycles. The Morgan fingerprint density at radius 3 is 2.54 bits per heavy atom. The molecule has 0 atom stereocenters. The van der Waals surface area contributed by atoms with Gasteiger partial charge in [0.05, 0.1) is 5.69 Å². The van der Waals surface area contributed by atoms with Crippen molar-refractivity contribution in [1.29, 1.82) is 0 Å². The zero-order chi connectivity index (χ0) is 19.3. The molecule has 3 aromatic heterocycles. The van der Waals surface area contributed by atoms with Gasteiger partial charge in [-0.15, -0.1) is 10.2 Å². The summed E-state index contributed by atoms with van der Waals surface area (Å²) in [4.78, 5) is 17.6. The van der Waals surface area contributed by atoms with Gasteiger partial charge in [0.15, 0.2) is 0 Å². The average Bonchev–Trinajstić information content (AvgIpc) is 3.30. The predicted octanol–water partition coefficient (Wildman–Crippen LogP) is 3.79. The highest BCUT2D eigenvalue weighted by Gasteiger charge is 2.27. The van der Waals surface area contributed by atoms with Gasteiger partial charge in [-0.2, -0.15) is 0 Å². The molecule has 4 aromatic rings. The second-order valence-electron chi connectivity index (χ2n) is 6.77. The number of anilines is 1. The molecule has 0 radical (unpaired) electrons. The van der Waals surface area contributed by atoms with Crippen LogP contribution in [0, 0.1) is 6.92 Å². The van der Waals surface area contributed by atoms with E-state index >= 15 is 0 Å². The van der Waals surface area contributed by atoms with Crippen LogP contribution in [0.2, 0.25) is 0 Å². The van der Waals surface area contributed by atoms with E-state index in [9.17, 15) is 9.90 Å². The lowest BCUT2D eigenvalue weighted by atomic mass is 10.1. The van der Waals surface area contributed by atoms with Gasteiger partial charge in [-0.05, 0) is 48.2 Å². The zero-order valence-electron chi connectivity index (χ0n) is 15.2. The minimum atomic E-state index is -0.952. The second-order valence-corrected chi connectivity index (χ2v) is 6.77. The van der Waals surface area contributed by atoms with E-state index < -0.39 is 6.09 Å². The van der Waals surface area contributed by atoms with Gasteiger partial charge in [0.1, 0.15) is 11.5 Å². The van der Waals surface area contributed by atoms with E-state index in [0.29, 0.717) is 24.1 Å². The molecular formula is C20H17N5O3. The van der Waals surface area contributed by atoms with Gasteiger partial charge < -0.3 is 9.52 Å². The van der Waals surface area contributed by atoms with Crippen molar-refractivity contribution in [2.24, 2.45) is 0 Å². The fourth-order valence-corrected chi connectivity index (χ4v) is 3.62. The molecule has 1 N–H and O–H groups in total. The third-order valence-electron chi connectivity index (χ3n) is 4.94. The number of carboxylic acid groups (broad SMARTS) is 1. The summed E-state index contributed by atoms with van der Waals surface area (Å²) in [5.41, 5.74) is 4.40. The van der Waals surface area contributed by atoms with E-state index in [1.54, 1.807) is 6.92 Å². The van der Waals surface area contributed by atoms with Crippen LogP contribution in [0.1, 0.15) is 18.0 Å². The van der Waals surface area contributed by atoms with Crippen LogP contribution in [0.5, 0.6) is 0 Å². The van der Waals surface area contributed by atoms with Crippen LogP contribution in [0.15, 0.2) is 47.0 Å². The highest BCUT2D eigenvalue weighted by Crippen LogP contribution is 2.31. The van der Waals surface area contributed by atoms with Gasteiger partial charge in [-0.3, -0.25) is 9.30 Å². The van der Waals surface area contributed by atoms with Crippen molar-refractivity contribution < 1.29 is 14.3 Å². The molecule has 4 heterocycles. The first-order chi connectivity index (χ1) is 13.6. The predicted molar refractivity (Wildman–Crippen MR) is 102 cm³/mol. The van der Waals surface area contributed by atoms with Gasteiger partial charge in [0, 0.05) is 25.2 Å². The van der Waals surface area contributed by atoms with Gasteiger partial charge in [-0.1, -0.05) is 12.1 Å². The first kappa shape index (κ1) is 16.5. The largest absolute Gasteiger partial charge is 0.465 e. The molecule has 1 aliphatic rings. The smallest absolute Gasteiger partial charge is 0.413 e. The first-order valence-electron chi connectivity index (χ1n) is 9.02. The molecule has 0 spiro atoms. The number of pyridine rings is 1. The highest BCUT2D eigenvalue weighted by molar-refractivity contribution is 5.87. The summed E-state index contributed by atoms with van der Waals surface area (Å²) >= 11 is 0. The molecule has 0 saturated carbocycles. The lowest BCUT2D eigenvalue weighted by molar-refractivity contribution is 0.201. The van der Waals surface area contributed by atoms with Gasteiger partial charge in [0.25, 0.3) is 0 Å². The summed E-state index contributed by atoms with van der Waals surface area (Å²) in [7, 11) is 0. The summed E-state index contributed by atoms with van der Waals surface area (Å²) in [6, 6.07) is 11.7. The van der Waals surface area contributed by atoms with Crippen molar-refractivity contribution in [2.75, 3.05) is 11.4 Å². The summed E-state index contributed by atoms with van der Waals surface area (Å²) < 4.78 is 7.33. The highest BCUT2D eigenvalue weighted by atomic mass is 16.4. The SMILES string of the molecule is Cc1nnc(-c2ccc(-c3ccc4nc5c(n4c3)N(C(=O)O)CCC5)cc2)o1.